The van der Waals surface area contributed by atoms with Crippen LogP contribution in [0.1, 0.15) is 19.8 Å². The molecule has 1 aliphatic carbocycles. The maximum Gasteiger partial charge on any atom is 0.240 e. The van der Waals surface area contributed by atoms with Crippen molar-refractivity contribution in [3.05, 3.63) is 24.3 Å². The normalized spacial score (nSPS) is 17.9. The van der Waals surface area contributed by atoms with Crippen molar-refractivity contribution in [3.63, 3.8) is 0 Å². The van der Waals surface area contributed by atoms with E-state index in [4.69, 9.17) is 5.73 Å². The third kappa shape index (κ3) is 3.20. The van der Waals surface area contributed by atoms with E-state index >= 15 is 0 Å². The lowest BCUT2D eigenvalue weighted by Crippen LogP contribution is -2.29. The number of anilines is 1. The van der Waals surface area contributed by atoms with Gasteiger partial charge in [-0.3, -0.25) is 0 Å². The van der Waals surface area contributed by atoms with E-state index in [1.807, 2.05) is 0 Å². The van der Waals surface area contributed by atoms with Gasteiger partial charge in [0.15, 0.2) is 0 Å². The minimum atomic E-state index is -3.38. The number of nitrogens with two attached hydrogens (primary N) is 1. The summed E-state index contributed by atoms with van der Waals surface area (Å²) in [5, 5.41) is 0. The Bertz CT molecular complexity index is 478. The van der Waals surface area contributed by atoms with Crippen molar-refractivity contribution < 1.29 is 8.42 Å². The number of hydrogen-bond donors (Lipinski definition) is 2. The van der Waals surface area contributed by atoms with Gasteiger partial charge in [0.05, 0.1) is 4.90 Å². The van der Waals surface area contributed by atoms with Crippen LogP contribution in [0.25, 0.3) is 0 Å². The standard InChI is InChI=1S/C12H18N2O2S/c1-9(10-2-3-10)8-14-17(15,16)12-6-4-11(13)5-7-12/h4-7,9-10,14H,2-3,8,13H2,1H3. The van der Waals surface area contributed by atoms with Crippen LogP contribution in [0.2, 0.25) is 0 Å². The van der Waals surface area contributed by atoms with E-state index in [1.54, 1.807) is 12.1 Å². The monoisotopic (exact) mass is 254 g/mol. The first-order valence-corrected chi connectivity index (χ1v) is 7.32. The predicted octanol–water partition coefficient (Wildman–Crippen LogP) is 1.59. The summed E-state index contributed by atoms with van der Waals surface area (Å²) in [7, 11) is -3.38. The molecule has 0 amide bonds. The highest BCUT2D eigenvalue weighted by Crippen LogP contribution is 2.36. The molecule has 0 bridgehead atoms. The molecule has 1 aromatic rings. The fraction of sp³-hybridized carbons (Fsp3) is 0.500. The number of sulfonamides is 1. The Hall–Kier alpha value is -1.07. The van der Waals surface area contributed by atoms with Crippen molar-refractivity contribution >= 4 is 15.7 Å². The molecule has 1 fully saturated rings. The Labute approximate surface area is 102 Å². The van der Waals surface area contributed by atoms with E-state index < -0.39 is 10.0 Å². The van der Waals surface area contributed by atoms with Gasteiger partial charge in [0.2, 0.25) is 10.0 Å². The van der Waals surface area contributed by atoms with Crippen LogP contribution in [0.3, 0.4) is 0 Å². The molecule has 0 spiro atoms. The van der Waals surface area contributed by atoms with E-state index in [0.29, 0.717) is 24.1 Å². The molecule has 1 aromatic carbocycles. The summed E-state index contributed by atoms with van der Waals surface area (Å²) in [6.45, 7) is 2.60. The van der Waals surface area contributed by atoms with Gasteiger partial charge in [-0.15, -0.1) is 0 Å². The van der Waals surface area contributed by atoms with E-state index in [0.717, 1.165) is 0 Å². The molecular formula is C12H18N2O2S. The fourth-order valence-electron chi connectivity index (χ4n) is 1.80. The van der Waals surface area contributed by atoms with Crippen molar-refractivity contribution in [1.29, 1.82) is 0 Å². The first kappa shape index (κ1) is 12.4. The Morgan fingerprint density at radius 3 is 2.47 bits per heavy atom. The quantitative estimate of drug-likeness (QED) is 0.784. The van der Waals surface area contributed by atoms with Crippen LogP contribution < -0.4 is 10.5 Å². The van der Waals surface area contributed by atoms with Gasteiger partial charge in [-0.05, 0) is 48.9 Å². The van der Waals surface area contributed by atoms with Crippen LogP contribution in [0.15, 0.2) is 29.2 Å². The number of hydrogen-bond acceptors (Lipinski definition) is 3. The lowest BCUT2D eigenvalue weighted by Gasteiger charge is -2.12. The molecule has 17 heavy (non-hydrogen) atoms. The van der Waals surface area contributed by atoms with Gasteiger partial charge in [-0.25, -0.2) is 13.1 Å². The molecule has 0 radical (unpaired) electrons. The second-order valence-electron chi connectivity index (χ2n) is 4.74. The van der Waals surface area contributed by atoms with Gasteiger partial charge in [-0.2, -0.15) is 0 Å². The average Bonchev–Trinajstić information content (AvgIpc) is 3.10. The highest BCUT2D eigenvalue weighted by atomic mass is 32.2. The first-order chi connectivity index (χ1) is 7.99. The minimum absolute atomic E-state index is 0.273. The third-order valence-electron chi connectivity index (χ3n) is 3.21. The zero-order valence-corrected chi connectivity index (χ0v) is 10.7. The number of benzene rings is 1. The average molecular weight is 254 g/mol. The van der Waals surface area contributed by atoms with Crippen LogP contribution in [0.5, 0.6) is 0 Å². The predicted molar refractivity (Wildman–Crippen MR) is 67.9 cm³/mol. The van der Waals surface area contributed by atoms with Crippen LogP contribution >= 0.6 is 0 Å². The molecule has 4 nitrogen and oxygen atoms in total. The molecule has 1 aliphatic rings. The first-order valence-electron chi connectivity index (χ1n) is 5.84. The van der Waals surface area contributed by atoms with Crippen LogP contribution in [-0.4, -0.2) is 15.0 Å². The van der Waals surface area contributed by atoms with E-state index in [1.165, 1.54) is 25.0 Å². The Kier molecular flexibility index (Phi) is 3.40. The summed E-state index contributed by atoms with van der Waals surface area (Å²) in [5.74, 6) is 1.11. The van der Waals surface area contributed by atoms with Gasteiger partial charge in [0.25, 0.3) is 0 Å². The zero-order valence-electron chi connectivity index (χ0n) is 9.89. The topological polar surface area (TPSA) is 72.2 Å². The lowest BCUT2D eigenvalue weighted by molar-refractivity contribution is 0.492. The Morgan fingerprint density at radius 1 is 1.35 bits per heavy atom. The van der Waals surface area contributed by atoms with Gasteiger partial charge < -0.3 is 5.73 Å². The van der Waals surface area contributed by atoms with Crippen LogP contribution in [0, 0.1) is 11.8 Å². The van der Waals surface area contributed by atoms with Gasteiger partial charge in [0.1, 0.15) is 0 Å². The van der Waals surface area contributed by atoms with Gasteiger partial charge in [0, 0.05) is 12.2 Å². The zero-order chi connectivity index (χ0) is 12.5. The van der Waals surface area contributed by atoms with Crippen molar-refractivity contribution in [2.75, 3.05) is 12.3 Å². The molecule has 0 saturated heterocycles. The Morgan fingerprint density at radius 2 is 1.94 bits per heavy atom. The van der Waals surface area contributed by atoms with Crippen LogP contribution in [-0.2, 0) is 10.0 Å². The van der Waals surface area contributed by atoms with Gasteiger partial charge in [-0.1, -0.05) is 6.92 Å². The van der Waals surface area contributed by atoms with Crippen molar-refractivity contribution in [2.24, 2.45) is 11.8 Å². The summed E-state index contributed by atoms with van der Waals surface area (Å²) in [6.07, 6.45) is 2.45. The van der Waals surface area contributed by atoms with E-state index in [2.05, 4.69) is 11.6 Å². The molecule has 0 heterocycles. The minimum Gasteiger partial charge on any atom is -0.399 e. The maximum absolute atomic E-state index is 11.9. The van der Waals surface area contributed by atoms with Crippen molar-refractivity contribution in [1.82, 2.24) is 4.72 Å². The highest BCUT2D eigenvalue weighted by molar-refractivity contribution is 7.89. The molecule has 3 N–H and O–H groups in total. The summed E-state index contributed by atoms with van der Waals surface area (Å²) in [6, 6.07) is 6.25. The summed E-state index contributed by atoms with van der Waals surface area (Å²) >= 11 is 0. The molecule has 2 rings (SSSR count). The maximum atomic E-state index is 11.9. The summed E-state index contributed by atoms with van der Waals surface area (Å²) in [5.41, 5.74) is 6.09. The number of nitrogen functional groups attached to an aromatic ring is 1. The van der Waals surface area contributed by atoms with E-state index in [-0.39, 0.29) is 4.90 Å². The SMILES string of the molecule is CC(CNS(=O)(=O)c1ccc(N)cc1)C1CC1. The number of rotatable bonds is 5. The molecule has 1 saturated carbocycles. The van der Waals surface area contributed by atoms with E-state index in [9.17, 15) is 8.42 Å². The van der Waals surface area contributed by atoms with Crippen LogP contribution in [0.4, 0.5) is 5.69 Å². The molecule has 94 valence electrons. The molecule has 0 aromatic heterocycles. The second kappa shape index (κ2) is 4.66. The summed E-state index contributed by atoms with van der Waals surface area (Å²) in [4.78, 5) is 0.273. The molecular weight excluding hydrogens is 236 g/mol. The molecule has 0 aliphatic heterocycles. The molecule has 5 heteroatoms. The van der Waals surface area contributed by atoms with Gasteiger partial charge >= 0.3 is 0 Å². The van der Waals surface area contributed by atoms with Crippen molar-refractivity contribution in [2.45, 2.75) is 24.7 Å². The smallest absolute Gasteiger partial charge is 0.240 e. The Balaban J connectivity index is 2.00. The largest absolute Gasteiger partial charge is 0.399 e. The fourth-order valence-corrected chi connectivity index (χ4v) is 2.95. The summed E-state index contributed by atoms with van der Waals surface area (Å²) < 4.78 is 26.5. The highest BCUT2D eigenvalue weighted by Gasteiger charge is 2.28. The third-order valence-corrected chi connectivity index (χ3v) is 4.65. The number of nitrogens with one attached hydrogen (secondary N) is 1. The second-order valence-corrected chi connectivity index (χ2v) is 6.50. The lowest BCUT2D eigenvalue weighted by atomic mass is 10.1. The molecule has 1 atom stereocenters. The molecule has 1 unspecified atom stereocenters. The van der Waals surface area contributed by atoms with Crippen molar-refractivity contribution in [3.8, 4) is 0 Å².